The Hall–Kier alpha value is -2.31. The quantitative estimate of drug-likeness (QED) is 0.549. The van der Waals surface area contributed by atoms with Gasteiger partial charge in [0.05, 0.1) is 6.20 Å². The number of nitrogens with two attached hydrogens (primary N) is 1. The molecule has 7 heteroatoms. The number of amides is 1. The van der Waals surface area contributed by atoms with Crippen LogP contribution in [0.1, 0.15) is 16.1 Å². The molecule has 5 N–H and O–H groups in total. The van der Waals surface area contributed by atoms with E-state index in [0.717, 1.165) is 5.56 Å². The van der Waals surface area contributed by atoms with Crippen LogP contribution in [0.3, 0.4) is 0 Å². The van der Waals surface area contributed by atoms with Gasteiger partial charge >= 0.3 is 0 Å². The molecule has 78 valence electrons. The smallest absolute Gasteiger partial charge is 0.269 e. The van der Waals surface area contributed by atoms with Crippen molar-refractivity contribution < 1.29 is 4.79 Å². The Kier molecular flexibility index (Phi) is 2.36. The summed E-state index contributed by atoms with van der Waals surface area (Å²) >= 11 is 0. The van der Waals surface area contributed by atoms with Crippen molar-refractivity contribution in [1.82, 2.24) is 25.7 Å². The molecule has 15 heavy (non-hydrogen) atoms. The zero-order valence-electron chi connectivity index (χ0n) is 7.82. The lowest BCUT2D eigenvalue weighted by Gasteiger charge is -1.99. The maximum atomic E-state index is 11.5. The molecule has 7 nitrogen and oxygen atoms in total. The number of anilines is 1. The van der Waals surface area contributed by atoms with Crippen molar-refractivity contribution in [3.05, 3.63) is 29.7 Å². The van der Waals surface area contributed by atoms with Gasteiger partial charge in [-0.3, -0.25) is 15.0 Å². The van der Waals surface area contributed by atoms with E-state index in [2.05, 4.69) is 25.7 Å². The molecule has 0 aliphatic carbocycles. The summed E-state index contributed by atoms with van der Waals surface area (Å²) in [5.41, 5.74) is 6.61. The van der Waals surface area contributed by atoms with E-state index in [0.29, 0.717) is 18.1 Å². The largest absolute Gasteiger partial charge is 0.382 e. The fourth-order valence-corrected chi connectivity index (χ4v) is 1.11. The van der Waals surface area contributed by atoms with Crippen molar-refractivity contribution >= 4 is 11.7 Å². The lowest BCUT2D eigenvalue weighted by molar-refractivity contribution is 0.0946. The zero-order valence-corrected chi connectivity index (χ0v) is 7.82. The summed E-state index contributed by atoms with van der Waals surface area (Å²) in [6.07, 6.45) is 3.35. The minimum atomic E-state index is -0.250. The molecule has 0 saturated heterocycles. The van der Waals surface area contributed by atoms with Crippen LogP contribution in [0.5, 0.6) is 0 Å². The molecule has 0 spiro atoms. The first-order valence-electron chi connectivity index (χ1n) is 4.32. The molecule has 2 aromatic heterocycles. The fraction of sp³-hybridized carbons (Fsp3) is 0.125. The molecule has 0 aromatic carbocycles. The number of nitrogen functional groups attached to an aromatic ring is 1. The first-order chi connectivity index (χ1) is 7.25. The fourth-order valence-electron chi connectivity index (χ4n) is 1.11. The zero-order chi connectivity index (χ0) is 10.7. The van der Waals surface area contributed by atoms with Crippen molar-refractivity contribution in [3.63, 3.8) is 0 Å². The number of aromatic amines is 2. The molecule has 0 radical (unpaired) electrons. The number of nitrogens with zero attached hydrogens (tertiary/aromatic N) is 2. The molecule has 2 aromatic rings. The highest BCUT2D eigenvalue weighted by Crippen LogP contribution is 2.00. The number of carbonyl (C=O) groups excluding carboxylic acids is 1. The van der Waals surface area contributed by atoms with Crippen LogP contribution in [0.25, 0.3) is 0 Å². The third-order valence-corrected chi connectivity index (χ3v) is 1.85. The second-order valence-electron chi connectivity index (χ2n) is 3.00. The molecular weight excluding hydrogens is 196 g/mol. The summed E-state index contributed by atoms with van der Waals surface area (Å²) in [7, 11) is 0. The summed E-state index contributed by atoms with van der Waals surface area (Å²) in [6.45, 7) is 0.411. The molecule has 1 amide bonds. The van der Waals surface area contributed by atoms with E-state index in [1.54, 1.807) is 12.4 Å². The lowest BCUT2D eigenvalue weighted by Crippen LogP contribution is -2.22. The highest BCUT2D eigenvalue weighted by molar-refractivity contribution is 5.92. The van der Waals surface area contributed by atoms with Crippen LogP contribution in [-0.4, -0.2) is 26.3 Å². The molecule has 2 heterocycles. The maximum absolute atomic E-state index is 11.5. The van der Waals surface area contributed by atoms with Crippen LogP contribution in [0, 0.1) is 0 Å². The van der Waals surface area contributed by atoms with Gasteiger partial charge in [0.1, 0.15) is 11.5 Å². The number of H-pyrrole nitrogens is 2. The number of carbonyl (C=O) groups is 1. The second-order valence-corrected chi connectivity index (χ2v) is 3.00. The number of rotatable bonds is 3. The van der Waals surface area contributed by atoms with Gasteiger partial charge in [-0.1, -0.05) is 0 Å². The van der Waals surface area contributed by atoms with Gasteiger partial charge in [0, 0.05) is 24.4 Å². The Balaban J connectivity index is 1.93. The Morgan fingerprint density at radius 1 is 1.60 bits per heavy atom. The Labute approximate surface area is 85.1 Å². The minimum Gasteiger partial charge on any atom is -0.382 e. The number of hydrogen-bond donors (Lipinski definition) is 4. The van der Waals surface area contributed by atoms with Gasteiger partial charge < -0.3 is 11.1 Å². The molecule has 0 aliphatic rings. The van der Waals surface area contributed by atoms with Gasteiger partial charge in [-0.25, -0.2) is 0 Å². The average molecular weight is 206 g/mol. The van der Waals surface area contributed by atoms with Crippen molar-refractivity contribution in [3.8, 4) is 0 Å². The number of hydrogen-bond acceptors (Lipinski definition) is 4. The van der Waals surface area contributed by atoms with Crippen molar-refractivity contribution in [2.45, 2.75) is 6.54 Å². The highest BCUT2D eigenvalue weighted by atomic mass is 16.1. The number of nitrogens with one attached hydrogen (secondary N) is 3. The standard InChI is InChI=1S/C8H10N6O/c9-7-1-6(13-14-7)8(15)10-2-5-3-11-12-4-5/h1,3-4H,2H2,(H,10,15)(H,11,12)(H3,9,13,14). The summed E-state index contributed by atoms with van der Waals surface area (Å²) in [4.78, 5) is 11.5. The monoisotopic (exact) mass is 206 g/mol. The van der Waals surface area contributed by atoms with E-state index in [1.165, 1.54) is 6.07 Å². The van der Waals surface area contributed by atoms with E-state index >= 15 is 0 Å². The minimum absolute atomic E-state index is 0.250. The first-order valence-corrected chi connectivity index (χ1v) is 4.32. The van der Waals surface area contributed by atoms with Gasteiger partial charge in [0.2, 0.25) is 0 Å². The molecule has 0 atom stereocenters. The van der Waals surface area contributed by atoms with E-state index in [-0.39, 0.29) is 5.91 Å². The van der Waals surface area contributed by atoms with Crippen molar-refractivity contribution in [2.75, 3.05) is 5.73 Å². The normalized spacial score (nSPS) is 10.1. The van der Waals surface area contributed by atoms with Gasteiger partial charge in [-0.2, -0.15) is 10.2 Å². The van der Waals surface area contributed by atoms with Crippen LogP contribution in [0.2, 0.25) is 0 Å². The molecule has 0 fully saturated rings. The predicted octanol–water partition coefficient (Wildman–Crippen LogP) is -0.355. The van der Waals surface area contributed by atoms with E-state index in [1.807, 2.05) is 0 Å². The molecule has 0 aliphatic heterocycles. The average Bonchev–Trinajstić information content (AvgIpc) is 2.84. The van der Waals surface area contributed by atoms with Gasteiger partial charge in [-0.15, -0.1) is 0 Å². The van der Waals surface area contributed by atoms with E-state index < -0.39 is 0 Å². The van der Waals surface area contributed by atoms with Gasteiger partial charge in [0.15, 0.2) is 0 Å². The van der Waals surface area contributed by atoms with Gasteiger partial charge in [-0.05, 0) is 0 Å². The van der Waals surface area contributed by atoms with Crippen LogP contribution in [0.15, 0.2) is 18.5 Å². The van der Waals surface area contributed by atoms with Crippen molar-refractivity contribution in [1.29, 1.82) is 0 Å². The maximum Gasteiger partial charge on any atom is 0.269 e. The third-order valence-electron chi connectivity index (χ3n) is 1.85. The number of aromatic nitrogens is 4. The summed E-state index contributed by atoms with van der Waals surface area (Å²) in [5.74, 6) is 0.0452. The Morgan fingerprint density at radius 3 is 3.07 bits per heavy atom. The van der Waals surface area contributed by atoms with Crippen LogP contribution < -0.4 is 11.1 Å². The van der Waals surface area contributed by atoms with Crippen LogP contribution >= 0.6 is 0 Å². The van der Waals surface area contributed by atoms with E-state index in [4.69, 9.17) is 5.73 Å². The van der Waals surface area contributed by atoms with Crippen molar-refractivity contribution in [2.24, 2.45) is 0 Å². The molecular formula is C8H10N6O. The highest BCUT2D eigenvalue weighted by Gasteiger charge is 2.07. The Morgan fingerprint density at radius 2 is 2.47 bits per heavy atom. The molecule has 2 rings (SSSR count). The third kappa shape index (κ3) is 2.13. The SMILES string of the molecule is Nc1cc(C(=O)NCc2cn[nH]c2)[nH]n1. The predicted molar refractivity (Wildman–Crippen MR) is 52.8 cm³/mol. The lowest BCUT2D eigenvalue weighted by atomic mass is 10.3. The van der Waals surface area contributed by atoms with Crippen LogP contribution in [-0.2, 0) is 6.54 Å². The molecule has 0 bridgehead atoms. The molecule has 0 unspecified atom stereocenters. The van der Waals surface area contributed by atoms with Gasteiger partial charge in [0.25, 0.3) is 5.91 Å². The summed E-state index contributed by atoms with van der Waals surface area (Å²) < 4.78 is 0. The summed E-state index contributed by atoms with van der Waals surface area (Å²) in [5, 5.41) is 15.3. The second kappa shape index (κ2) is 3.82. The first kappa shape index (κ1) is 9.25. The summed E-state index contributed by atoms with van der Waals surface area (Å²) in [6, 6.07) is 1.48. The van der Waals surface area contributed by atoms with Crippen LogP contribution in [0.4, 0.5) is 5.82 Å². The topological polar surface area (TPSA) is 112 Å². The van der Waals surface area contributed by atoms with E-state index in [9.17, 15) is 4.79 Å². The molecule has 0 saturated carbocycles. The Bertz CT molecular complexity index is 445.